The topological polar surface area (TPSA) is 15.6 Å². The van der Waals surface area contributed by atoms with E-state index < -0.39 is 0 Å². The van der Waals surface area contributed by atoms with Crippen LogP contribution in [0.15, 0.2) is 29.0 Å². The van der Waals surface area contributed by atoms with E-state index >= 15 is 0 Å². The molecule has 0 amide bonds. The van der Waals surface area contributed by atoms with Gasteiger partial charge in [0.25, 0.3) is 0 Å². The second-order valence-electron chi connectivity index (χ2n) is 4.63. The highest BCUT2D eigenvalue weighted by Gasteiger charge is 2.37. The number of hydrogen-bond acceptors (Lipinski definition) is 2. The Morgan fingerprint density at radius 2 is 2.20 bits per heavy atom. The highest BCUT2D eigenvalue weighted by Crippen LogP contribution is 2.36. The molecule has 0 spiro atoms. The van der Waals surface area contributed by atoms with Crippen LogP contribution in [0.1, 0.15) is 33.6 Å². The minimum Gasteiger partial charge on any atom is -0.371 e. The first-order valence-electron chi connectivity index (χ1n) is 5.69. The quantitative estimate of drug-likeness (QED) is 0.498. The lowest BCUT2D eigenvalue weighted by Crippen LogP contribution is -2.53. The summed E-state index contributed by atoms with van der Waals surface area (Å²) in [5.41, 5.74) is 1.79. The Labute approximate surface area is 93.4 Å². The van der Waals surface area contributed by atoms with Crippen LogP contribution in [-0.2, 0) is 0 Å². The van der Waals surface area contributed by atoms with Gasteiger partial charge in [0, 0.05) is 30.4 Å². The minimum atomic E-state index is 0.526. The predicted octanol–water partition coefficient (Wildman–Crippen LogP) is 3.23. The van der Waals surface area contributed by atoms with Gasteiger partial charge in [-0.1, -0.05) is 26.3 Å². The molecular formula is C13H22N2. The molecule has 0 saturated carbocycles. The van der Waals surface area contributed by atoms with E-state index in [-0.39, 0.29) is 0 Å². The second-order valence-corrected chi connectivity index (χ2v) is 4.63. The molecule has 2 nitrogen and oxygen atoms in total. The average molecular weight is 206 g/mol. The van der Waals surface area contributed by atoms with E-state index in [0.717, 1.165) is 0 Å². The second kappa shape index (κ2) is 5.15. The number of nitrogens with zero attached hydrogens (tertiary/aromatic N) is 2. The van der Waals surface area contributed by atoms with Crippen LogP contribution >= 0.6 is 0 Å². The zero-order valence-corrected chi connectivity index (χ0v) is 10.2. The lowest BCUT2D eigenvalue weighted by atomic mass is 9.78. The summed E-state index contributed by atoms with van der Waals surface area (Å²) in [5, 5.41) is 0. The molecule has 0 unspecified atom stereocenters. The molecule has 1 saturated heterocycles. The first-order valence-corrected chi connectivity index (χ1v) is 5.69. The standard InChI is InChI=1S/C13H22N2/c1-5-8-13(3)10-15(11-13)12(6-2)7-9-14-4/h6-7,9H,4-5,8,10-11H2,1-3H3/b9-7-,12-6+. The summed E-state index contributed by atoms with van der Waals surface area (Å²) in [6.45, 7) is 12.5. The fourth-order valence-electron chi connectivity index (χ4n) is 2.33. The van der Waals surface area contributed by atoms with Gasteiger partial charge in [-0.25, -0.2) is 0 Å². The van der Waals surface area contributed by atoms with Gasteiger partial charge in [0.2, 0.25) is 0 Å². The summed E-state index contributed by atoms with van der Waals surface area (Å²) < 4.78 is 0. The lowest BCUT2D eigenvalue weighted by Gasteiger charge is -2.50. The van der Waals surface area contributed by atoms with Gasteiger partial charge in [0.1, 0.15) is 0 Å². The molecule has 15 heavy (non-hydrogen) atoms. The van der Waals surface area contributed by atoms with Crippen LogP contribution in [0.2, 0.25) is 0 Å². The van der Waals surface area contributed by atoms with Crippen LogP contribution < -0.4 is 0 Å². The fourth-order valence-corrected chi connectivity index (χ4v) is 2.33. The van der Waals surface area contributed by atoms with Crippen molar-refractivity contribution < 1.29 is 0 Å². The molecule has 0 radical (unpaired) electrons. The molecule has 1 heterocycles. The lowest BCUT2D eigenvalue weighted by molar-refractivity contribution is 0.0411. The highest BCUT2D eigenvalue weighted by atomic mass is 15.2. The van der Waals surface area contributed by atoms with Crippen LogP contribution in [0, 0.1) is 5.41 Å². The third kappa shape index (κ3) is 2.95. The van der Waals surface area contributed by atoms with Crippen LogP contribution in [0.5, 0.6) is 0 Å². The number of hydrogen-bond donors (Lipinski definition) is 0. The SMILES string of the molecule is C=N/C=C\C(=C/C)N1CC(C)(CCC)C1. The Morgan fingerprint density at radius 3 is 2.67 bits per heavy atom. The zero-order chi connectivity index (χ0) is 11.3. The zero-order valence-electron chi connectivity index (χ0n) is 10.2. The maximum atomic E-state index is 3.74. The van der Waals surface area contributed by atoms with E-state index in [2.05, 4.69) is 43.5 Å². The van der Waals surface area contributed by atoms with Gasteiger partial charge in [0.15, 0.2) is 0 Å². The molecule has 0 N–H and O–H groups in total. The third-order valence-electron chi connectivity index (χ3n) is 3.01. The molecule has 1 aliphatic rings. The summed E-state index contributed by atoms with van der Waals surface area (Å²) in [6, 6.07) is 0. The maximum Gasteiger partial charge on any atom is 0.0338 e. The van der Waals surface area contributed by atoms with Crippen LogP contribution in [0.3, 0.4) is 0 Å². The van der Waals surface area contributed by atoms with Crippen LogP contribution in [0.4, 0.5) is 0 Å². The molecule has 0 aromatic heterocycles. The van der Waals surface area contributed by atoms with E-state index in [9.17, 15) is 0 Å². The van der Waals surface area contributed by atoms with Crippen molar-refractivity contribution in [2.24, 2.45) is 10.4 Å². The van der Waals surface area contributed by atoms with Crippen molar-refractivity contribution in [3.05, 3.63) is 24.0 Å². The first-order chi connectivity index (χ1) is 7.15. The molecule has 0 bridgehead atoms. The van der Waals surface area contributed by atoms with E-state index in [0.29, 0.717) is 5.41 Å². The van der Waals surface area contributed by atoms with Gasteiger partial charge in [-0.3, -0.25) is 4.99 Å². The molecule has 0 aromatic rings. The number of likely N-dealkylation sites (tertiary alicyclic amines) is 1. The van der Waals surface area contributed by atoms with Crippen molar-refractivity contribution in [1.29, 1.82) is 0 Å². The van der Waals surface area contributed by atoms with Crippen molar-refractivity contribution in [2.75, 3.05) is 13.1 Å². The smallest absolute Gasteiger partial charge is 0.0338 e. The molecule has 2 heteroatoms. The third-order valence-corrected chi connectivity index (χ3v) is 3.01. The molecule has 84 valence electrons. The Hall–Kier alpha value is -1.05. The van der Waals surface area contributed by atoms with E-state index in [1.165, 1.54) is 31.6 Å². The summed E-state index contributed by atoms with van der Waals surface area (Å²) in [5.74, 6) is 0. The summed E-state index contributed by atoms with van der Waals surface area (Å²) in [4.78, 5) is 6.14. The first kappa shape index (κ1) is 12.0. The van der Waals surface area contributed by atoms with Crippen molar-refractivity contribution in [3.8, 4) is 0 Å². The summed E-state index contributed by atoms with van der Waals surface area (Å²) in [7, 11) is 0. The normalized spacial score (nSPS) is 20.5. The van der Waals surface area contributed by atoms with Gasteiger partial charge >= 0.3 is 0 Å². The maximum absolute atomic E-state index is 3.74. The predicted molar refractivity (Wildman–Crippen MR) is 67.0 cm³/mol. The number of rotatable bonds is 5. The van der Waals surface area contributed by atoms with E-state index in [1.54, 1.807) is 6.20 Å². The van der Waals surface area contributed by atoms with Crippen molar-refractivity contribution >= 4 is 6.72 Å². The van der Waals surface area contributed by atoms with Crippen LogP contribution in [-0.4, -0.2) is 24.7 Å². The monoisotopic (exact) mass is 206 g/mol. The molecule has 1 fully saturated rings. The largest absolute Gasteiger partial charge is 0.371 e. The van der Waals surface area contributed by atoms with Crippen molar-refractivity contribution in [2.45, 2.75) is 33.6 Å². The Balaban J connectivity index is 2.49. The summed E-state index contributed by atoms with van der Waals surface area (Å²) >= 11 is 0. The van der Waals surface area contributed by atoms with E-state index in [1.807, 2.05) is 6.08 Å². The number of aliphatic imine (C=N–C) groups is 1. The number of allylic oxidation sites excluding steroid dienone is 2. The van der Waals surface area contributed by atoms with Gasteiger partial charge in [0.05, 0.1) is 0 Å². The van der Waals surface area contributed by atoms with Gasteiger partial charge in [-0.15, -0.1) is 0 Å². The van der Waals surface area contributed by atoms with Crippen LogP contribution in [0.25, 0.3) is 0 Å². The molecular weight excluding hydrogens is 184 g/mol. The Bertz CT molecular complexity index is 270. The Morgan fingerprint density at radius 1 is 1.53 bits per heavy atom. The molecule has 1 rings (SSSR count). The molecule has 1 aliphatic heterocycles. The van der Waals surface area contributed by atoms with Gasteiger partial charge < -0.3 is 4.90 Å². The fraction of sp³-hybridized carbons (Fsp3) is 0.615. The van der Waals surface area contributed by atoms with Crippen molar-refractivity contribution in [1.82, 2.24) is 4.90 Å². The molecule has 0 aromatic carbocycles. The van der Waals surface area contributed by atoms with Crippen molar-refractivity contribution in [3.63, 3.8) is 0 Å². The minimum absolute atomic E-state index is 0.526. The Kier molecular flexibility index (Phi) is 4.13. The van der Waals surface area contributed by atoms with Gasteiger partial charge in [-0.05, 0) is 26.1 Å². The molecule has 0 aliphatic carbocycles. The summed E-state index contributed by atoms with van der Waals surface area (Å²) in [6.07, 6.45) is 8.51. The van der Waals surface area contributed by atoms with E-state index in [4.69, 9.17) is 0 Å². The molecule has 0 atom stereocenters. The van der Waals surface area contributed by atoms with Gasteiger partial charge in [-0.2, -0.15) is 0 Å². The highest BCUT2D eigenvalue weighted by molar-refractivity contribution is 5.28. The average Bonchev–Trinajstić information content (AvgIpc) is 2.16.